The number of anilines is 1. The number of hydrogen-bond acceptors (Lipinski definition) is 3. The second kappa shape index (κ2) is 8.38. The van der Waals surface area contributed by atoms with E-state index in [0.717, 1.165) is 30.0 Å². The topological polar surface area (TPSA) is 66.0 Å². The van der Waals surface area contributed by atoms with Crippen LogP contribution in [-0.2, 0) is 17.8 Å². The highest BCUT2D eigenvalue weighted by Crippen LogP contribution is 2.27. The van der Waals surface area contributed by atoms with Crippen molar-refractivity contribution in [2.75, 3.05) is 32.1 Å². The first-order valence-electron chi connectivity index (χ1n) is 8.67. The van der Waals surface area contributed by atoms with Crippen molar-refractivity contribution >= 4 is 17.6 Å². The lowest BCUT2D eigenvalue weighted by atomic mass is 10.2. The molecule has 3 rings (SSSR count). The SMILES string of the molecule is CN=C(NCC(=O)N1CCc2ccccc21)NCc1cccc(OC)c1. The Morgan fingerprint density at radius 2 is 2.04 bits per heavy atom. The third kappa shape index (κ3) is 4.14. The molecule has 26 heavy (non-hydrogen) atoms. The molecule has 6 heteroatoms. The van der Waals surface area contributed by atoms with Crippen LogP contribution in [0.4, 0.5) is 5.69 Å². The van der Waals surface area contributed by atoms with Crippen LogP contribution in [0.1, 0.15) is 11.1 Å². The van der Waals surface area contributed by atoms with Crippen LogP contribution < -0.4 is 20.3 Å². The molecule has 1 aliphatic rings. The van der Waals surface area contributed by atoms with Crippen LogP contribution in [0.2, 0.25) is 0 Å². The van der Waals surface area contributed by atoms with Crippen molar-refractivity contribution in [3.8, 4) is 5.75 Å². The summed E-state index contributed by atoms with van der Waals surface area (Å²) in [5, 5.41) is 6.31. The van der Waals surface area contributed by atoms with E-state index in [0.29, 0.717) is 12.5 Å². The maximum absolute atomic E-state index is 12.6. The van der Waals surface area contributed by atoms with Crippen LogP contribution in [0.25, 0.3) is 0 Å². The van der Waals surface area contributed by atoms with Crippen LogP contribution in [0.15, 0.2) is 53.5 Å². The third-order valence-corrected chi connectivity index (χ3v) is 4.41. The van der Waals surface area contributed by atoms with Crippen molar-refractivity contribution < 1.29 is 9.53 Å². The van der Waals surface area contributed by atoms with Gasteiger partial charge in [0, 0.05) is 25.8 Å². The number of benzene rings is 2. The van der Waals surface area contributed by atoms with E-state index in [-0.39, 0.29) is 12.5 Å². The molecule has 2 aromatic carbocycles. The van der Waals surface area contributed by atoms with Gasteiger partial charge in [-0.1, -0.05) is 30.3 Å². The number of carbonyl (C=O) groups excluding carboxylic acids is 1. The van der Waals surface area contributed by atoms with E-state index in [1.807, 2.05) is 47.4 Å². The molecule has 1 heterocycles. The van der Waals surface area contributed by atoms with Crippen LogP contribution in [0, 0.1) is 0 Å². The highest BCUT2D eigenvalue weighted by atomic mass is 16.5. The van der Waals surface area contributed by atoms with Crippen LogP contribution >= 0.6 is 0 Å². The molecule has 0 saturated carbocycles. The van der Waals surface area contributed by atoms with E-state index in [4.69, 9.17) is 4.74 Å². The summed E-state index contributed by atoms with van der Waals surface area (Å²) in [4.78, 5) is 18.6. The van der Waals surface area contributed by atoms with Gasteiger partial charge in [-0.25, -0.2) is 0 Å². The van der Waals surface area contributed by atoms with Crippen LogP contribution in [-0.4, -0.2) is 39.1 Å². The lowest BCUT2D eigenvalue weighted by Gasteiger charge is -2.19. The molecular weight excluding hydrogens is 328 g/mol. The Labute approximate surface area is 153 Å². The second-order valence-corrected chi connectivity index (χ2v) is 6.05. The van der Waals surface area contributed by atoms with E-state index in [9.17, 15) is 4.79 Å². The zero-order chi connectivity index (χ0) is 18.4. The van der Waals surface area contributed by atoms with Gasteiger partial charge in [0.1, 0.15) is 5.75 Å². The predicted molar refractivity (Wildman–Crippen MR) is 104 cm³/mol. The Balaban J connectivity index is 1.52. The molecule has 0 spiro atoms. The summed E-state index contributed by atoms with van der Waals surface area (Å²) < 4.78 is 5.23. The highest BCUT2D eigenvalue weighted by molar-refractivity contribution is 5.98. The van der Waals surface area contributed by atoms with E-state index in [2.05, 4.69) is 21.7 Å². The number of rotatable bonds is 5. The fraction of sp³-hybridized carbons (Fsp3) is 0.300. The van der Waals surface area contributed by atoms with E-state index in [1.165, 1.54) is 5.56 Å². The number of hydrogen-bond donors (Lipinski definition) is 2. The maximum atomic E-state index is 12.6. The summed E-state index contributed by atoms with van der Waals surface area (Å²) in [6, 6.07) is 15.9. The van der Waals surface area contributed by atoms with E-state index in [1.54, 1.807) is 14.2 Å². The Bertz CT molecular complexity index is 804. The number of nitrogens with zero attached hydrogens (tertiary/aromatic N) is 2. The van der Waals surface area contributed by atoms with Gasteiger partial charge < -0.3 is 20.3 Å². The first kappa shape index (κ1) is 17.8. The van der Waals surface area contributed by atoms with Crippen molar-refractivity contribution in [1.29, 1.82) is 0 Å². The molecule has 0 unspecified atom stereocenters. The number of para-hydroxylation sites is 1. The number of aliphatic imine (C=N–C) groups is 1. The number of guanidine groups is 1. The molecule has 1 amide bonds. The van der Waals surface area contributed by atoms with Crippen molar-refractivity contribution in [1.82, 2.24) is 10.6 Å². The number of carbonyl (C=O) groups is 1. The number of fused-ring (bicyclic) bond motifs is 1. The highest BCUT2D eigenvalue weighted by Gasteiger charge is 2.23. The molecule has 2 aromatic rings. The summed E-state index contributed by atoms with van der Waals surface area (Å²) in [5.74, 6) is 1.45. The van der Waals surface area contributed by atoms with E-state index >= 15 is 0 Å². The van der Waals surface area contributed by atoms with Gasteiger partial charge in [-0.3, -0.25) is 9.79 Å². The minimum absolute atomic E-state index is 0.0410. The quantitative estimate of drug-likeness (QED) is 0.638. The molecule has 0 saturated heterocycles. The minimum atomic E-state index is 0.0410. The van der Waals surface area contributed by atoms with Crippen LogP contribution in [0.5, 0.6) is 5.75 Å². The zero-order valence-electron chi connectivity index (χ0n) is 15.2. The predicted octanol–water partition coefficient (Wildman–Crippen LogP) is 1.95. The second-order valence-electron chi connectivity index (χ2n) is 6.05. The molecule has 2 N–H and O–H groups in total. The Morgan fingerprint density at radius 3 is 2.85 bits per heavy atom. The van der Waals surface area contributed by atoms with Gasteiger partial charge in [-0.05, 0) is 35.7 Å². The number of amides is 1. The molecule has 136 valence electrons. The molecule has 6 nitrogen and oxygen atoms in total. The Hall–Kier alpha value is -3.02. The van der Waals surface area contributed by atoms with Crippen molar-refractivity contribution in [2.45, 2.75) is 13.0 Å². The van der Waals surface area contributed by atoms with Gasteiger partial charge in [0.25, 0.3) is 0 Å². The summed E-state index contributed by atoms with van der Waals surface area (Å²) in [6.45, 7) is 1.53. The Kier molecular flexibility index (Phi) is 5.73. The molecule has 0 fully saturated rings. The van der Waals surface area contributed by atoms with Crippen molar-refractivity contribution in [3.63, 3.8) is 0 Å². The normalized spacial score (nSPS) is 13.3. The first-order chi connectivity index (χ1) is 12.7. The lowest BCUT2D eigenvalue weighted by Crippen LogP contribution is -2.44. The van der Waals surface area contributed by atoms with E-state index < -0.39 is 0 Å². The molecule has 0 bridgehead atoms. The number of methoxy groups -OCH3 is 1. The van der Waals surface area contributed by atoms with Gasteiger partial charge in [0.05, 0.1) is 13.7 Å². The van der Waals surface area contributed by atoms with Crippen molar-refractivity contribution in [2.24, 2.45) is 4.99 Å². The van der Waals surface area contributed by atoms with Gasteiger partial charge in [-0.15, -0.1) is 0 Å². The molecule has 1 aliphatic heterocycles. The molecule has 0 aliphatic carbocycles. The van der Waals surface area contributed by atoms with Crippen LogP contribution in [0.3, 0.4) is 0 Å². The first-order valence-corrected chi connectivity index (χ1v) is 8.67. The summed E-state index contributed by atoms with van der Waals surface area (Å²) in [6.07, 6.45) is 0.907. The average molecular weight is 352 g/mol. The van der Waals surface area contributed by atoms with Gasteiger partial charge in [-0.2, -0.15) is 0 Å². The standard InChI is InChI=1S/C20H24N4O2/c1-21-20(22-13-15-6-5-8-17(12-15)26-2)23-14-19(25)24-11-10-16-7-3-4-9-18(16)24/h3-9,12H,10-11,13-14H2,1-2H3,(H2,21,22,23). The average Bonchev–Trinajstić information content (AvgIpc) is 3.12. The van der Waals surface area contributed by atoms with Crippen molar-refractivity contribution in [3.05, 3.63) is 59.7 Å². The lowest BCUT2D eigenvalue weighted by molar-refractivity contribution is -0.117. The van der Waals surface area contributed by atoms with Gasteiger partial charge in [0.2, 0.25) is 5.91 Å². The molecule has 0 radical (unpaired) electrons. The molecular formula is C20H24N4O2. The minimum Gasteiger partial charge on any atom is -0.497 e. The zero-order valence-corrected chi connectivity index (χ0v) is 15.2. The summed E-state index contributed by atoms with van der Waals surface area (Å²) in [5.41, 5.74) is 3.31. The third-order valence-electron chi connectivity index (χ3n) is 4.41. The van der Waals surface area contributed by atoms with Gasteiger partial charge in [0.15, 0.2) is 5.96 Å². The maximum Gasteiger partial charge on any atom is 0.246 e. The largest absolute Gasteiger partial charge is 0.497 e. The summed E-state index contributed by atoms with van der Waals surface area (Å²) >= 11 is 0. The molecule has 0 atom stereocenters. The number of nitrogens with one attached hydrogen (secondary N) is 2. The number of ether oxygens (including phenoxy) is 1. The summed E-state index contributed by atoms with van der Waals surface area (Å²) in [7, 11) is 3.34. The fourth-order valence-corrected chi connectivity index (χ4v) is 3.04. The fourth-order valence-electron chi connectivity index (χ4n) is 3.04. The smallest absolute Gasteiger partial charge is 0.246 e. The van der Waals surface area contributed by atoms with Gasteiger partial charge >= 0.3 is 0 Å². The molecule has 0 aromatic heterocycles. The Morgan fingerprint density at radius 1 is 1.19 bits per heavy atom. The monoisotopic (exact) mass is 352 g/mol.